The summed E-state index contributed by atoms with van der Waals surface area (Å²) in [7, 11) is 1.57. The first-order valence-corrected chi connectivity index (χ1v) is 15.3. The molecule has 3 aliphatic rings. The van der Waals surface area contributed by atoms with E-state index >= 15 is 0 Å². The Labute approximate surface area is 253 Å². The summed E-state index contributed by atoms with van der Waals surface area (Å²) in [4.78, 5) is 55.1. The van der Waals surface area contributed by atoms with E-state index in [9.17, 15) is 19.2 Å². The lowest BCUT2D eigenvalue weighted by Crippen LogP contribution is -2.57. The highest BCUT2D eigenvalue weighted by Crippen LogP contribution is 2.33. The van der Waals surface area contributed by atoms with Gasteiger partial charge in [-0.15, -0.1) is 0 Å². The Morgan fingerprint density at radius 3 is 2.23 bits per heavy atom. The minimum atomic E-state index is -0.984. The minimum Gasteiger partial charge on any atom is -0.497 e. The number of hydrogen-bond acceptors (Lipinski definition) is 9. The van der Waals surface area contributed by atoms with Crippen LogP contribution in [0.2, 0.25) is 0 Å². The molecule has 2 aliphatic heterocycles. The quantitative estimate of drug-likeness (QED) is 0.220. The molecule has 0 spiro atoms. The molecule has 3 amide bonds. The molecular formula is C31H47N5O7. The first-order valence-electron chi connectivity index (χ1n) is 15.3. The number of ketones is 1. The van der Waals surface area contributed by atoms with E-state index in [1.54, 1.807) is 33.1 Å². The van der Waals surface area contributed by atoms with E-state index in [1.165, 1.54) is 0 Å². The number of carbonyl (C=O) groups excluding carboxylic acids is 4. The van der Waals surface area contributed by atoms with Gasteiger partial charge >= 0.3 is 0 Å². The third kappa shape index (κ3) is 9.72. The normalized spacial score (nSPS) is 26.0. The average Bonchev–Trinajstić information content (AvgIpc) is 3.76. The number of ether oxygens (including phenoxy) is 3. The molecule has 0 aromatic heterocycles. The highest BCUT2D eigenvalue weighted by Gasteiger charge is 2.50. The zero-order valence-corrected chi connectivity index (χ0v) is 25.6. The van der Waals surface area contributed by atoms with E-state index in [4.69, 9.17) is 19.9 Å². The number of amides is 3. The molecule has 1 aromatic rings. The van der Waals surface area contributed by atoms with Crippen LogP contribution in [0.4, 0.5) is 0 Å². The van der Waals surface area contributed by atoms with Crippen LogP contribution in [0.1, 0.15) is 51.5 Å². The Morgan fingerprint density at radius 1 is 1.00 bits per heavy atom. The lowest BCUT2D eigenvalue weighted by molar-refractivity contribution is -0.134. The van der Waals surface area contributed by atoms with Crippen LogP contribution in [-0.2, 0) is 35.1 Å². The second kappa shape index (κ2) is 15.1. The van der Waals surface area contributed by atoms with Gasteiger partial charge in [0.15, 0.2) is 5.78 Å². The van der Waals surface area contributed by atoms with Crippen LogP contribution in [0.5, 0.6) is 5.75 Å². The summed E-state index contributed by atoms with van der Waals surface area (Å²) < 4.78 is 16.0. The van der Waals surface area contributed by atoms with Gasteiger partial charge in [0.25, 0.3) is 0 Å². The van der Waals surface area contributed by atoms with Gasteiger partial charge in [-0.1, -0.05) is 12.1 Å². The monoisotopic (exact) mass is 601 g/mol. The van der Waals surface area contributed by atoms with Gasteiger partial charge in [-0.3, -0.25) is 24.1 Å². The lowest BCUT2D eigenvalue weighted by atomic mass is 9.81. The molecule has 238 valence electrons. The topological polar surface area (TPSA) is 165 Å². The first-order chi connectivity index (χ1) is 20.6. The minimum absolute atomic E-state index is 0.158. The summed E-state index contributed by atoms with van der Waals surface area (Å²) in [5.41, 5.74) is 5.98. The van der Waals surface area contributed by atoms with Crippen LogP contribution in [0.25, 0.3) is 0 Å². The van der Waals surface area contributed by atoms with Gasteiger partial charge in [0.1, 0.15) is 23.4 Å². The Hall–Kier alpha value is -3.06. The molecular weight excluding hydrogens is 554 g/mol. The Morgan fingerprint density at radius 2 is 1.63 bits per heavy atom. The van der Waals surface area contributed by atoms with E-state index < -0.39 is 35.5 Å². The van der Waals surface area contributed by atoms with E-state index in [-0.39, 0.29) is 36.6 Å². The highest BCUT2D eigenvalue weighted by molar-refractivity contribution is 5.98. The number of benzene rings is 1. The highest BCUT2D eigenvalue weighted by atomic mass is 16.6. The molecule has 2 saturated heterocycles. The maximum absolute atomic E-state index is 13.8. The third-order valence-electron chi connectivity index (χ3n) is 8.67. The first kappa shape index (κ1) is 32.8. The second-order valence-electron chi connectivity index (χ2n) is 12.3. The molecule has 12 heteroatoms. The predicted octanol–water partition coefficient (Wildman–Crippen LogP) is 0.310. The standard InChI is InChI=1S/C31H47N5O7/c1-20(33-27(37)18-36-12-14-42-15-13-36)29(39)35-26(17-22-6-10-24(41-3)11-7-22)30(40)34-25(28(38)31(2)19-43-31)16-21-4-8-23(32)9-5-21/h6-7,10-11,20-21,23,25-26H,4-5,8-9,12-19,32H2,1-3H3,(H,33,37)(H,34,40)(H,35,39)/t20-,21-,23+,25-,26-,31+/m0/s1. The molecule has 3 fully saturated rings. The van der Waals surface area contributed by atoms with Crippen LogP contribution in [0, 0.1) is 5.92 Å². The van der Waals surface area contributed by atoms with Gasteiger partial charge in [0, 0.05) is 25.6 Å². The van der Waals surface area contributed by atoms with E-state index in [0.717, 1.165) is 31.2 Å². The number of methoxy groups -OCH3 is 1. The summed E-state index contributed by atoms with van der Waals surface area (Å²) in [5.74, 6) is -0.476. The summed E-state index contributed by atoms with van der Waals surface area (Å²) in [6.07, 6.45) is 4.24. The number of Topliss-reactive ketones (excluding diaryl/α,β-unsaturated/α-hetero) is 1. The lowest BCUT2D eigenvalue weighted by Gasteiger charge is -2.31. The van der Waals surface area contributed by atoms with Crippen LogP contribution >= 0.6 is 0 Å². The number of hydrogen-bond donors (Lipinski definition) is 4. The third-order valence-corrected chi connectivity index (χ3v) is 8.67. The maximum Gasteiger partial charge on any atom is 0.243 e. The number of nitrogens with zero attached hydrogens (tertiary/aromatic N) is 1. The Kier molecular flexibility index (Phi) is 11.5. The molecule has 4 rings (SSSR count). The molecule has 0 radical (unpaired) electrons. The van der Waals surface area contributed by atoms with Gasteiger partial charge in [-0.05, 0) is 69.6 Å². The number of rotatable bonds is 14. The molecule has 1 saturated carbocycles. The van der Waals surface area contributed by atoms with Gasteiger partial charge in [0.2, 0.25) is 17.7 Å². The molecule has 0 unspecified atom stereocenters. The second-order valence-corrected chi connectivity index (χ2v) is 12.3. The van der Waals surface area contributed by atoms with Crippen molar-refractivity contribution in [3.8, 4) is 5.75 Å². The van der Waals surface area contributed by atoms with Gasteiger partial charge in [-0.25, -0.2) is 0 Å². The number of nitrogens with one attached hydrogen (secondary N) is 3. The van der Waals surface area contributed by atoms with Gasteiger partial charge in [-0.2, -0.15) is 0 Å². The molecule has 12 nitrogen and oxygen atoms in total. The summed E-state index contributed by atoms with van der Waals surface area (Å²) in [6.45, 7) is 6.23. The van der Waals surface area contributed by atoms with Crippen molar-refractivity contribution in [3.63, 3.8) is 0 Å². The zero-order valence-electron chi connectivity index (χ0n) is 25.6. The fraction of sp³-hybridized carbons (Fsp3) is 0.677. The van der Waals surface area contributed by atoms with E-state index in [0.29, 0.717) is 45.1 Å². The molecule has 5 N–H and O–H groups in total. The molecule has 0 bridgehead atoms. The summed E-state index contributed by atoms with van der Waals surface area (Å²) >= 11 is 0. The van der Waals surface area contributed by atoms with Crippen molar-refractivity contribution in [2.24, 2.45) is 11.7 Å². The van der Waals surface area contributed by atoms with Crippen LogP contribution in [0.15, 0.2) is 24.3 Å². The fourth-order valence-electron chi connectivity index (χ4n) is 5.70. The molecule has 1 aromatic carbocycles. The SMILES string of the molecule is COc1ccc(C[C@H](NC(=O)[C@H](C)NC(=O)CN2CCOCC2)C(=O)N[C@@H](C[C@H]2CC[C@@H](N)CC2)C(=O)[C@@]2(C)CO2)cc1. The molecule has 4 atom stereocenters. The van der Waals surface area contributed by atoms with Crippen LogP contribution < -0.4 is 26.4 Å². The molecule has 2 heterocycles. The van der Waals surface area contributed by atoms with Crippen molar-refractivity contribution in [2.45, 2.75) is 82.1 Å². The number of morpholine rings is 1. The Balaban J connectivity index is 1.44. The zero-order chi connectivity index (χ0) is 31.0. The van der Waals surface area contributed by atoms with Crippen molar-refractivity contribution in [3.05, 3.63) is 29.8 Å². The molecule has 43 heavy (non-hydrogen) atoms. The van der Waals surface area contributed by atoms with E-state index in [1.807, 2.05) is 17.0 Å². The van der Waals surface area contributed by atoms with Gasteiger partial charge < -0.3 is 35.9 Å². The van der Waals surface area contributed by atoms with Crippen molar-refractivity contribution < 1.29 is 33.4 Å². The van der Waals surface area contributed by atoms with Crippen molar-refractivity contribution in [1.82, 2.24) is 20.9 Å². The van der Waals surface area contributed by atoms with E-state index in [2.05, 4.69) is 16.0 Å². The average molecular weight is 602 g/mol. The van der Waals surface area contributed by atoms with Crippen molar-refractivity contribution >= 4 is 23.5 Å². The van der Waals surface area contributed by atoms with Crippen molar-refractivity contribution in [2.75, 3.05) is 46.6 Å². The Bertz CT molecular complexity index is 1110. The summed E-state index contributed by atoms with van der Waals surface area (Å²) in [6, 6.07) is 4.78. The van der Waals surface area contributed by atoms with Crippen molar-refractivity contribution in [1.29, 1.82) is 0 Å². The fourth-order valence-corrected chi connectivity index (χ4v) is 5.70. The smallest absolute Gasteiger partial charge is 0.243 e. The van der Waals surface area contributed by atoms with Crippen LogP contribution in [-0.4, -0.2) is 105 Å². The molecule has 1 aliphatic carbocycles. The predicted molar refractivity (Wildman–Crippen MR) is 159 cm³/mol. The maximum atomic E-state index is 13.8. The largest absolute Gasteiger partial charge is 0.497 e. The van der Waals surface area contributed by atoms with Gasteiger partial charge in [0.05, 0.1) is 39.5 Å². The number of nitrogens with two attached hydrogens (primary N) is 1. The number of epoxide rings is 1. The summed E-state index contributed by atoms with van der Waals surface area (Å²) in [5, 5.41) is 8.51. The number of carbonyl (C=O) groups is 4. The van der Waals surface area contributed by atoms with Crippen LogP contribution in [0.3, 0.4) is 0 Å².